The molecule has 2 rings (SSSR count). The van der Waals surface area contributed by atoms with Gasteiger partial charge in [0.05, 0.1) is 18.9 Å². The molecule has 0 spiro atoms. The van der Waals surface area contributed by atoms with Crippen LogP contribution < -0.4 is 0 Å². The van der Waals surface area contributed by atoms with Crippen LogP contribution in [0.15, 0.2) is 6.07 Å². The summed E-state index contributed by atoms with van der Waals surface area (Å²) >= 11 is 1.55. The summed E-state index contributed by atoms with van der Waals surface area (Å²) in [5, 5.41) is 0. The normalized spacial score (nSPS) is 17.8. The number of ether oxygens (including phenoxy) is 1. The van der Waals surface area contributed by atoms with Gasteiger partial charge in [0, 0.05) is 11.4 Å². The Labute approximate surface area is 102 Å². The van der Waals surface area contributed by atoms with Gasteiger partial charge >= 0.3 is 0 Å². The highest BCUT2D eigenvalue weighted by Crippen LogP contribution is 2.10. The summed E-state index contributed by atoms with van der Waals surface area (Å²) in [7, 11) is 0. The number of rotatable bonds is 5. The molecule has 0 radical (unpaired) electrons. The summed E-state index contributed by atoms with van der Waals surface area (Å²) < 4.78 is 9.94. The van der Waals surface area contributed by atoms with Crippen molar-refractivity contribution in [2.45, 2.75) is 32.8 Å². The van der Waals surface area contributed by atoms with Gasteiger partial charge in [0.25, 0.3) is 0 Å². The van der Waals surface area contributed by atoms with E-state index >= 15 is 0 Å². The zero-order chi connectivity index (χ0) is 11.2. The lowest BCUT2D eigenvalue weighted by atomic mass is 10.1. The van der Waals surface area contributed by atoms with Crippen molar-refractivity contribution in [1.29, 1.82) is 0 Å². The molecule has 1 aromatic rings. The molecular weight excluding hydrogens is 220 g/mol. The van der Waals surface area contributed by atoms with Crippen molar-refractivity contribution in [2.75, 3.05) is 26.2 Å². The predicted molar refractivity (Wildman–Crippen MR) is 66.8 cm³/mol. The SMILES string of the molecule is Cc1cc(COCCN2CCCCC2)ns1. The highest BCUT2D eigenvalue weighted by atomic mass is 32.1. The van der Waals surface area contributed by atoms with Crippen LogP contribution in [0.2, 0.25) is 0 Å². The van der Waals surface area contributed by atoms with Crippen LogP contribution >= 0.6 is 11.5 Å². The van der Waals surface area contributed by atoms with E-state index in [4.69, 9.17) is 4.74 Å². The molecule has 0 N–H and O–H groups in total. The molecular formula is C12H20N2OS. The summed E-state index contributed by atoms with van der Waals surface area (Å²) in [5.74, 6) is 0. The average molecular weight is 240 g/mol. The first-order valence-electron chi connectivity index (χ1n) is 6.07. The van der Waals surface area contributed by atoms with Crippen LogP contribution in [0.5, 0.6) is 0 Å². The van der Waals surface area contributed by atoms with E-state index in [0.717, 1.165) is 18.8 Å². The van der Waals surface area contributed by atoms with E-state index in [-0.39, 0.29) is 0 Å². The second-order valence-corrected chi connectivity index (χ2v) is 5.39. The third kappa shape index (κ3) is 3.85. The van der Waals surface area contributed by atoms with Gasteiger partial charge < -0.3 is 9.64 Å². The fraction of sp³-hybridized carbons (Fsp3) is 0.750. The maximum Gasteiger partial charge on any atom is 0.0899 e. The molecule has 0 unspecified atom stereocenters. The van der Waals surface area contributed by atoms with Gasteiger partial charge in [-0.25, -0.2) is 0 Å². The summed E-state index contributed by atoms with van der Waals surface area (Å²) in [4.78, 5) is 3.75. The highest BCUT2D eigenvalue weighted by Gasteiger charge is 2.09. The minimum atomic E-state index is 0.665. The molecule has 0 aromatic carbocycles. The zero-order valence-corrected chi connectivity index (χ0v) is 10.8. The van der Waals surface area contributed by atoms with Crippen LogP contribution in [0.25, 0.3) is 0 Å². The molecule has 1 aliphatic rings. The van der Waals surface area contributed by atoms with Crippen LogP contribution in [0.4, 0.5) is 0 Å². The molecule has 1 saturated heterocycles. The summed E-state index contributed by atoms with van der Waals surface area (Å²) in [5.41, 5.74) is 1.07. The van der Waals surface area contributed by atoms with Crippen LogP contribution in [0.1, 0.15) is 29.8 Å². The van der Waals surface area contributed by atoms with Crippen molar-refractivity contribution < 1.29 is 4.74 Å². The van der Waals surface area contributed by atoms with E-state index in [9.17, 15) is 0 Å². The number of hydrogen-bond acceptors (Lipinski definition) is 4. The third-order valence-corrected chi connectivity index (χ3v) is 3.66. The quantitative estimate of drug-likeness (QED) is 0.739. The first-order valence-corrected chi connectivity index (χ1v) is 6.84. The first kappa shape index (κ1) is 12.0. The van der Waals surface area contributed by atoms with Gasteiger partial charge in [-0.2, -0.15) is 4.37 Å². The molecule has 1 aliphatic heterocycles. The van der Waals surface area contributed by atoms with Crippen LogP contribution in [-0.4, -0.2) is 35.5 Å². The molecule has 2 heterocycles. The molecule has 1 fully saturated rings. The highest BCUT2D eigenvalue weighted by molar-refractivity contribution is 7.05. The van der Waals surface area contributed by atoms with Crippen LogP contribution in [0, 0.1) is 6.92 Å². The molecule has 4 heteroatoms. The lowest BCUT2D eigenvalue weighted by molar-refractivity contribution is 0.0849. The van der Waals surface area contributed by atoms with Crippen LogP contribution in [-0.2, 0) is 11.3 Å². The van der Waals surface area contributed by atoms with E-state index in [1.54, 1.807) is 11.5 Å². The average Bonchev–Trinajstić information content (AvgIpc) is 2.72. The molecule has 0 bridgehead atoms. The molecule has 0 saturated carbocycles. The number of aryl methyl sites for hydroxylation is 1. The number of hydrogen-bond donors (Lipinski definition) is 0. The third-order valence-electron chi connectivity index (χ3n) is 2.93. The zero-order valence-electron chi connectivity index (χ0n) is 9.95. The van der Waals surface area contributed by atoms with E-state index in [1.807, 2.05) is 0 Å². The summed E-state index contributed by atoms with van der Waals surface area (Å²) in [6, 6.07) is 2.10. The van der Waals surface area contributed by atoms with Crippen LogP contribution in [0.3, 0.4) is 0 Å². The largest absolute Gasteiger partial charge is 0.374 e. The second-order valence-electron chi connectivity index (χ2n) is 4.38. The van der Waals surface area contributed by atoms with E-state index in [2.05, 4.69) is 22.3 Å². The lowest BCUT2D eigenvalue weighted by Crippen LogP contribution is -2.32. The number of aromatic nitrogens is 1. The van der Waals surface area contributed by atoms with E-state index in [1.165, 1.54) is 37.2 Å². The Morgan fingerprint density at radius 3 is 2.88 bits per heavy atom. The Morgan fingerprint density at radius 1 is 1.38 bits per heavy atom. The second kappa shape index (κ2) is 6.33. The summed E-state index contributed by atoms with van der Waals surface area (Å²) in [6.07, 6.45) is 4.10. The van der Waals surface area contributed by atoms with E-state index in [0.29, 0.717) is 6.61 Å². The summed E-state index contributed by atoms with van der Waals surface area (Å²) in [6.45, 7) is 7.14. The maximum absolute atomic E-state index is 5.64. The van der Waals surface area contributed by atoms with Crippen molar-refractivity contribution in [3.8, 4) is 0 Å². The van der Waals surface area contributed by atoms with E-state index < -0.39 is 0 Å². The smallest absolute Gasteiger partial charge is 0.0899 e. The van der Waals surface area contributed by atoms with Gasteiger partial charge in [0.2, 0.25) is 0 Å². The first-order chi connectivity index (χ1) is 7.84. The van der Waals surface area contributed by atoms with Gasteiger partial charge in [-0.3, -0.25) is 0 Å². The number of piperidine rings is 1. The topological polar surface area (TPSA) is 25.4 Å². The minimum absolute atomic E-state index is 0.665. The molecule has 3 nitrogen and oxygen atoms in total. The Bertz CT molecular complexity index is 308. The molecule has 0 amide bonds. The standard InChI is InChI=1S/C12H20N2OS/c1-11-9-12(13-16-11)10-15-8-7-14-5-3-2-4-6-14/h9H,2-8,10H2,1H3. The Balaban J connectivity index is 1.57. The van der Waals surface area contributed by atoms with Gasteiger partial charge in [0.15, 0.2) is 0 Å². The molecule has 1 aromatic heterocycles. The Hall–Kier alpha value is -0.450. The molecule has 0 atom stereocenters. The lowest BCUT2D eigenvalue weighted by Gasteiger charge is -2.25. The monoisotopic (exact) mass is 240 g/mol. The van der Waals surface area contributed by atoms with Crippen molar-refractivity contribution in [3.05, 3.63) is 16.6 Å². The van der Waals surface area contributed by atoms with Gasteiger partial charge in [-0.05, 0) is 50.5 Å². The molecule has 16 heavy (non-hydrogen) atoms. The number of likely N-dealkylation sites (tertiary alicyclic amines) is 1. The fourth-order valence-electron chi connectivity index (χ4n) is 2.04. The Kier molecular flexibility index (Phi) is 4.75. The van der Waals surface area contributed by atoms with Crippen molar-refractivity contribution in [1.82, 2.24) is 9.27 Å². The molecule has 0 aliphatic carbocycles. The predicted octanol–water partition coefficient (Wildman–Crippen LogP) is 2.45. The van der Waals surface area contributed by atoms with Gasteiger partial charge in [-0.15, -0.1) is 0 Å². The fourth-order valence-corrected chi connectivity index (χ4v) is 2.59. The van der Waals surface area contributed by atoms with Crippen molar-refractivity contribution in [2.24, 2.45) is 0 Å². The van der Waals surface area contributed by atoms with Gasteiger partial charge in [-0.1, -0.05) is 6.42 Å². The van der Waals surface area contributed by atoms with Gasteiger partial charge in [0.1, 0.15) is 0 Å². The Morgan fingerprint density at radius 2 is 2.19 bits per heavy atom. The number of nitrogens with zero attached hydrogens (tertiary/aromatic N) is 2. The van der Waals surface area contributed by atoms with Crippen molar-refractivity contribution >= 4 is 11.5 Å². The molecule has 90 valence electrons. The maximum atomic E-state index is 5.64. The van der Waals surface area contributed by atoms with Crippen molar-refractivity contribution in [3.63, 3.8) is 0 Å². The minimum Gasteiger partial charge on any atom is -0.374 e.